The molecule has 110 valence electrons. The van der Waals surface area contributed by atoms with Gasteiger partial charge in [0, 0.05) is 0 Å². The molecule has 0 spiro atoms. The van der Waals surface area contributed by atoms with E-state index >= 15 is 0 Å². The second-order valence-corrected chi connectivity index (χ2v) is 4.14. The molecule has 2 rings (SSSR count). The van der Waals surface area contributed by atoms with Crippen LogP contribution in [0.25, 0.3) is 0 Å². The van der Waals surface area contributed by atoms with E-state index in [0.717, 1.165) is 18.2 Å². The summed E-state index contributed by atoms with van der Waals surface area (Å²) in [6.45, 7) is 3.31. The molecule has 0 aliphatic heterocycles. The number of rotatable bonds is 4. The molecular weight excluding hydrogens is 285 g/mol. The van der Waals surface area contributed by atoms with Crippen LogP contribution < -0.4 is 5.32 Å². The van der Waals surface area contributed by atoms with E-state index in [1.54, 1.807) is 0 Å². The zero-order valence-electron chi connectivity index (χ0n) is 10.7. The Balaban J connectivity index is 2.42. The van der Waals surface area contributed by atoms with Crippen molar-refractivity contribution in [2.24, 2.45) is 0 Å². The van der Waals surface area contributed by atoms with E-state index in [9.17, 15) is 18.0 Å². The molecule has 1 heterocycles. The van der Waals surface area contributed by atoms with Crippen molar-refractivity contribution >= 4 is 5.91 Å². The minimum absolute atomic E-state index is 0.226. The number of carbonyl (C=O) groups is 1. The Labute approximate surface area is 117 Å². The van der Waals surface area contributed by atoms with Crippen LogP contribution in [0.2, 0.25) is 0 Å². The van der Waals surface area contributed by atoms with Crippen molar-refractivity contribution in [3.05, 3.63) is 60.2 Å². The highest BCUT2D eigenvalue weighted by molar-refractivity contribution is 5.87. The Morgan fingerprint density at radius 3 is 2.76 bits per heavy atom. The van der Waals surface area contributed by atoms with Gasteiger partial charge in [0.25, 0.3) is 0 Å². The van der Waals surface area contributed by atoms with E-state index in [1.165, 1.54) is 18.5 Å². The number of hydrogen-bond donors (Lipinski definition) is 2. The molecule has 8 heteroatoms. The van der Waals surface area contributed by atoms with Gasteiger partial charge < -0.3 is 5.32 Å². The van der Waals surface area contributed by atoms with Gasteiger partial charge in [-0.1, -0.05) is 18.7 Å². The van der Waals surface area contributed by atoms with Crippen molar-refractivity contribution in [1.82, 2.24) is 20.5 Å². The van der Waals surface area contributed by atoms with Gasteiger partial charge in [-0.15, -0.1) is 0 Å². The zero-order chi connectivity index (χ0) is 15.5. The lowest BCUT2D eigenvalue weighted by Gasteiger charge is -2.17. The van der Waals surface area contributed by atoms with E-state index in [4.69, 9.17) is 0 Å². The molecule has 0 saturated heterocycles. The van der Waals surface area contributed by atoms with Crippen molar-refractivity contribution in [3.8, 4) is 0 Å². The largest absolute Gasteiger partial charge is 0.416 e. The summed E-state index contributed by atoms with van der Waals surface area (Å²) in [6.07, 6.45) is -2.24. The van der Waals surface area contributed by atoms with Crippen molar-refractivity contribution in [3.63, 3.8) is 0 Å². The van der Waals surface area contributed by atoms with Crippen LogP contribution in [-0.2, 0) is 11.0 Å². The summed E-state index contributed by atoms with van der Waals surface area (Å²) in [4.78, 5) is 15.3. The Bertz CT molecular complexity index is 637. The third-order valence-electron chi connectivity index (χ3n) is 2.73. The van der Waals surface area contributed by atoms with Gasteiger partial charge in [0.2, 0.25) is 5.91 Å². The average molecular weight is 296 g/mol. The Morgan fingerprint density at radius 1 is 1.43 bits per heavy atom. The highest BCUT2D eigenvalue weighted by atomic mass is 19.4. The van der Waals surface area contributed by atoms with E-state index in [-0.39, 0.29) is 11.4 Å². The molecular formula is C13H11F3N4O. The van der Waals surface area contributed by atoms with Crippen molar-refractivity contribution in [2.45, 2.75) is 12.2 Å². The first-order chi connectivity index (χ1) is 9.91. The molecule has 1 amide bonds. The summed E-state index contributed by atoms with van der Waals surface area (Å²) in [5.74, 6) is -0.307. The summed E-state index contributed by atoms with van der Waals surface area (Å²) in [5, 5.41) is 8.68. The van der Waals surface area contributed by atoms with Crippen LogP contribution in [0.5, 0.6) is 0 Å². The number of amides is 1. The number of nitrogens with one attached hydrogen (secondary N) is 2. The summed E-state index contributed by atoms with van der Waals surface area (Å²) in [5.41, 5.74) is -0.575. The molecule has 21 heavy (non-hydrogen) atoms. The normalized spacial score (nSPS) is 12.7. The number of hydrogen-bond acceptors (Lipinski definition) is 3. The standard InChI is InChI=1S/C13H11F3N4O/c1-2-10(21)19-11(12-17-7-18-20-12)8-4-3-5-9(6-8)13(14,15)16/h2-7,11H,1H2,(H,19,21)(H,17,18,20)/t11-/m1/s1. The Hall–Kier alpha value is -2.64. The smallest absolute Gasteiger partial charge is 0.338 e. The van der Waals surface area contributed by atoms with E-state index in [1.807, 2.05) is 0 Å². The van der Waals surface area contributed by atoms with E-state index in [0.29, 0.717) is 0 Å². The number of nitrogens with zero attached hydrogens (tertiary/aromatic N) is 2. The molecule has 2 aromatic rings. The van der Waals surface area contributed by atoms with Crippen molar-refractivity contribution in [2.75, 3.05) is 0 Å². The first-order valence-electron chi connectivity index (χ1n) is 5.87. The minimum atomic E-state index is -4.47. The van der Waals surface area contributed by atoms with Crippen LogP contribution in [0.1, 0.15) is 23.0 Å². The summed E-state index contributed by atoms with van der Waals surface area (Å²) in [6, 6.07) is 3.76. The average Bonchev–Trinajstić information content (AvgIpc) is 2.97. The summed E-state index contributed by atoms with van der Waals surface area (Å²) >= 11 is 0. The number of benzene rings is 1. The number of aromatic amines is 1. The molecule has 0 unspecified atom stereocenters. The van der Waals surface area contributed by atoms with Crippen molar-refractivity contribution < 1.29 is 18.0 Å². The molecule has 0 radical (unpaired) electrons. The van der Waals surface area contributed by atoms with Crippen molar-refractivity contribution in [1.29, 1.82) is 0 Å². The van der Waals surface area contributed by atoms with Gasteiger partial charge in [0.05, 0.1) is 5.56 Å². The van der Waals surface area contributed by atoms with Crippen LogP contribution in [0.4, 0.5) is 13.2 Å². The van der Waals surface area contributed by atoms with Gasteiger partial charge in [-0.2, -0.15) is 18.3 Å². The van der Waals surface area contributed by atoms with Crippen LogP contribution >= 0.6 is 0 Å². The maximum Gasteiger partial charge on any atom is 0.416 e. The predicted molar refractivity (Wildman–Crippen MR) is 68.0 cm³/mol. The molecule has 0 saturated carbocycles. The van der Waals surface area contributed by atoms with Gasteiger partial charge in [-0.25, -0.2) is 4.98 Å². The first-order valence-corrected chi connectivity index (χ1v) is 5.87. The lowest BCUT2D eigenvalue weighted by molar-refractivity contribution is -0.137. The molecule has 0 aliphatic rings. The van der Waals surface area contributed by atoms with Gasteiger partial charge in [-0.05, 0) is 23.8 Å². The fourth-order valence-electron chi connectivity index (χ4n) is 1.76. The Kier molecular flexibility index (Phi) is 4.06. The maximum atomic E-state index is 12.8. The van der Waals surface area contributed by atoms with Crippen LogP contribution in [-0.4, -0.2) is 21.1 Å². The summed E-state index contributed by atoms with van der Waals surface area (Å²) in [7, 11) is 0. The quantitative estimate of drug-likeness (QED) is 0.850. The molecule has 1 aromatic carbocycles. The molecule has 0 fully saturated rings. The third kappa shape index (κ3) is 3.47. The highest BCUT2D eigenvalue weighted by Crippen LogP contribution is 2.31. The Morgan fingerprint density at radius 2 is 2.19 bits per heavy atom. The number of aromatic nitrogens is 3. The lowest BCUT2D eigenvalue weighted by Crippen LogP contribution is -2.28. The lowest BCUT2D eigenvalue weighted by atomic mass is 10.0. The zero-order valence-corrected chi connectivity index (χ0v) is 10.7. The monoisotopic (exact) mass is 296 g/mol. The fourth-order valence-corrected chi connectivity index (χ4v) is 1.76. The van der Waals surface area contributed by atoms with Gasteiger partial charge in [-0.3, -0.25) is 9.89 Å². The molecule has 5 nitrogen and oxygen atoms in total. The molecule has 0 aliphatic carbocycles. The second-order valence-electron chi connectivity index (χ2n) is 4.14. The fraction of sp³-hybridized carbons (Fsp3) is 0.154. The molecule has 0 bridgehead atoms. The molecule has 1 atom stereocenters. The van der Waals surface area contributed by atoms with Gasteiger partial charge in [0.15, 0.2) is 5.82 Å². The third-order valence-corrected chi connectivity index (χ3v) is 2.73. The van der Waals surface area contributed by atoms with E-state index in [2.05, 4.69) is 27.1 Å². The molecule has 2 N–H and O–H groups in total. The van der Waals surface area contributed by atoms with Gasteiger partial charge in [0.1, 0.15) is 12.4 Å². The topological polar surface area (TPSA) is 70.7 Å². The predicted octanol–water partition coefficient (Wildman–Crippen LogP) is 2.22. The maximum absolute atomic E-state index is 12.8. The van der Waals surface area contributed by atoms with Gasteiger partial charge >= 0.3 is 6.18 Å². The van der Waals surface area contributed by atoms with E-state index < -0.39 is 23.7 Å². The molecule has 1 aromatic heterocycles. The number of halogens is 3. The second kappa shape index (κ2) is 5.78. The minimum Gasteiger partial charge on any atom is -0.338 e. The van der Waals surface area contributed by atoms with Crippen LogP contribution in [0.15, 0.2) is 43.2 Å². The number of alkyl halides is 3. The SMILES string of the molecule is C=CC(=O)N[C@H](c1cccc(C(F)(F)F)c1)c1ncn[nH]1. The number of carbonyl (C=O) groups excluding carboxylic acids is 1. The van der Waals surface area contributed by atoms with Crippen LogP contribution in [0.3, 0.4) is 0 Å². The summed E-state index contributed by atoms with van der Waals surface area (Å²) < 4.78 is 38.3. The first kappa shape index (κ1) is 14.8. The number of H-pyrrole nitrogens is 1. The van der Waals surface area contributed by atoms with Crippen LogP contribution in [0, 0.1) is 0 Å². The highest BCUT2D eigenvalue weighted by Gasteiger charge is 2.31.